The monoisotopic (exact) mass is 368 g/mol. The lowest BCUT2D eigenvalue weighted by molar-refractivity contribution is 0.184. The summed E-state index contributed by atoms with van der Waals surface area (Å²) in [5.41, 5.74) is 1.25. The Kier molecular flexibility index (Phi) is 6.73. The molecule has 7 heteroatoms. The van der Waals surface area contributed by atoms with Crippen molar-refractivity contribution >= 4 is 34.9 Å². The Hall–Kier alpha value is -1.95. The highest BCUT2D eigenvalue weighted by Crippen LogP contribution is 2.26. The quantitative estimate of drug-likeness (QED) is 0.808. The van der Waals surface area contributed by atoms with Gasteiger partial charge in [0.1, 0.15) is 5.75 Å². The van der Waals surface area contributed by atoms with Crippen molar-refractivity contribution in [1.29, 1.82) is 0 Å². The number of carbonyl (C=O) groups is 1. The van der Waals surface area contributed by atoms with Gasteiger partial charge in [-0.05, 0) is 24.3 Å². The number of aliphatic hydroxyl groups is 1. The van der Waals surface area contributed by atoms with Crippen LogP contribution in [-0.2, 0) is 6.54 Å². The molecule has 128 valence electrons. The fraction of sp³-hybridized carbons (Fsp3) is 0.235. The Labute approximate surface area is 150 Å². The second-order valence-corrected chi connectivity index (χ2v) is 5.85. The highest BCUT2D eigenvalue weighted by molar-refractivity contribution is 6.35. The summed E-state index contributed by atoms with van der Waals surface area (Å²) in [4.78, 5) is 14.0. The fourth-order valence-electron chi connectivity index (χ4n) is 2.20. The number of nitrogens with one attached hydrogen (secondary N) is 1. The minimum atomic E-state index is -0.390. The van der Waals surface area contributed by atoms with E-state index in [0.29, 0.717) is 21.5 Å². The Morgan fingerprint density at radius 2 is 2.00 bits per heavy atom. The van der Waals surface area contributed by atoms with E-state index in [0.717, 1.165) is 5.56 Å². The molecular formula is C17H18Cl2N2O3. The van der Waals surface area contributed by atoms with Crippen molar-refractivity contribution in [2.24, 2.45) is 0 Å². The number of hydrogen-bond acceptors (Lipinski definition) is 3. The molecule has 0 radical (unpaired) electrons. The molecule has 0 aliphatic rings. The summed E-state index contributed by atoms with van der Waals surface area (Å²) in [7, 11) is 1.57. The number of anilines is 1. The maximum atomic E-state index is 12.5. The van der Waals surface area contributed by atoms with Crippen molar-refractivity contribution in [2.75, 3.05) is 25.6 Å². The van der Waals surface area contributed by atoms with E-state index in [1.54, 1.807) is 25.3 Å². The molecule has 0 spiro atoms. The van der Waals surface area contributed by atoms with Gasteiger partial charge < -0.3 is 20.1 Å². The number of nitrogens with zero attached hydrogens (tertiary/aromatic N) is 1. The van der Waals surface area contributed by atoms with Crippen LogP contribution in [0.1, 0.15) is 5.56 Å². The second kappa shape index (κ2) is 8.78. The van der Waals surface area contributed by atoms with Crippen molar-refractivity contribution in [2.45, 2.75) is 6.54 Å². The molecule has 2 rings (SSSR count). The first-order chi connectivity index (χ1) is 11.5. The van der Waals surface area contributed by atoms with Crippen LogP contribution in [0.3, 0.4) is 0 Å². The van der Waals surface area contributed by atoms with E-state index in [4.69, 9.17) is 27.9 Å². The molecule has 0 unspecified atom stereocenters. The van der Waals surface area contributed by atoms with Crippen molar-refractivity contribution in [3.8, 4) is 5.75 Å². The highest BCUT2D eigenvalue weighted by atomic mass is 35.5. The standard InChI is InChI=1S/C17H18Cl2N2O3/c1-24-16-5-3-2-4-12(16)11-21(8-9-22)17(23)20-15-10-13(18)6-7-14(15)19/h2-7,10,22H,8-9,11H2,1H3,(H,20,23). The van der Waals surface area contributed by atoms with Gasteiger partial charge in [0.05, 0.1) is 31.0 Å². The predicted molar refractivity (Wildman–Crippen MR) is 96.0 cm³/mol. The summed E-state index contributed by atoms with van der Waals surface area (Å²) in [6.07, 6.45) is 0. The molecule has 0 saturated carbocycles. The van der Waals surface area contributed by atoms with Crippen LogP contribution < -0.4 is 10.1 Å². The summed E-state index contributed by atoms with van der Waals surface area (Å²) in [5.74, 6) is 0.675. The van der Waals surface area contributed by atoms with E-state index >= 15 is 0 Å². The van der Waals surface area contributed by atoms with E-state index in [-0.39, 0.29) is 25.7 Å². The number of halogens is 2. The van der Waals surface area contributed by atoms with Gasteiger partial charge in [-0.3, -0.25) is 0 Å². The van der Waals surface area contributed by atoms with Gasteiger partial charge in [-0.15, -0.1) is 0 Å². The lowest BCUT2D eigenvalue weighted by atomic mass is 10.2. The fourth-order valence-corrected chi connectivity index (χ4v) is 2.54. The van der Waals surface area contributed by atoms with Crippen LogP contribution in [0.4, 0.5) is 10.5 Å². The third-order valence-corrected chi connectivity index (χ3v) is 3.95. The van der Waals surface area contributed by atoms with Crippen LogP contribution in [0.2, 0.25) is 10.0 Å². The van der Waals surface area contributed by atoms with Crippen LogP contribution in [0.15, 0.2) is 42.5 Å². The number of ether oxygens (including phenoxy) is 1. The van der Waals surface area contributed by atoms with Crippen molar-refractivity contribution in [3.63, 3.8) is 0 Å². The van der Waals surface area contributed by atoms with Crippen LogP contribution in [0.25, 0.3) is 0 Å². The van der Waals surface area contributed by atoms with E-state index in [1.807, 2.05) is 24.3 Å². The predicted octanol–water partition coefficient (Wildman–Crippen LogP) is 4.03. The molecule has 0 aliphatic heterocycles. The van der Waals surface area contributed by atoms with Gasteiger partial charge in [0.15, 0.2) is 0 Å². The van der Waals surface area contributed by atoms with Gasteiger partial charge in [-0.1, -0.05) is 41.4 Å². The number of amides is 2. The Morgan fingerprint density at radius 3 is 2.71 bits per heavy atom. The van der Waals surface area contributed by atoms with Gasteiger partial charge in [0.2, 0.25) is 0 Å². The zero-order chi connectivity index (χ0) is 17.5. The van der Waals surface area contributed by atoms with Gasteiger partial charge >= 0.3 is 6.03 Å². The molecule has 24 heavy (non-hydrogen) atoms. The average Bonchev–Trinajstić information content (AvgIpc) is 2.58. The lowest BCUT2D eigenvalue weighted by Crippen LogP contribution is -2.36. The summed E-state index contributed by atoms with van der Waals surface area (Å²) < 4.78 is 5.30. The number of urea groups is 1. The second-order valence-electron chi connectivity index (χ2n) is 5.01. The molecule has 2 aromatic carbocycles. The number of carbonyl (C=O) groups excluding carboxylic acids is 1. The van der Waals surface area contributed by atoms with E-state index in [1.165, 1.54) is 4.90 Å². The molecule has 5 nitrogen and oxygen atoms in total. The minimum Gasteiger partial charge on any atom is -0.496 e. The molecule has 0 aromatic heterocycles. The Morgan fingerprint density at radius 1 is 1.25 bits per heavy atom. The van der Waals surface area contributed by atoms with Crippen LogP contribution >= 0.6 is 23.2 Å². The van der Waals surface area contributed by atoms with Crippen LogP contribution in [-0.4, -0.2) is 36.3 Å². The van der Waals surface area contributed by atoms with Crippen LogP contribution in [0.5, 0.6) is 5.75 Å². The third kappa shape index (κ3) is 4.77. The van der Waals surface area contributed by atoms with E-state index in [2.05, 4.69) is 5.32 Å². The zero-order valence-electron chi connectivity index (χ0n) is 13.1. The van der Waals surface area contributed by atoms with Gasteiger partial charge in [0.25, 0.3) is 0 Å². The number of benzene rings is 2. The summed E-state index contributed by atoms with van der Waals surface area (Å²) in [5, 5.41) is 12.8. The first-order valence-electron chi connectivity index (χ1n) is 7.29. The summed E-state index contributed by atoms with van der Waals surface area (Å²) >= 11 is 12.0. The van der Waals surface area contributed by atoms with Gasteiger partial charge in [-0.25, -0.2) is 4.79 Å². The number of aliphatic hydroxyl groups excluding tert-OH is 1. The molecule has 2 amide bonds. The molecule has 2 aromatic rings. The number of rotatable bonds is 6. The third-order valence-electron chi connectivity index (χ3n) is 3.38. The van der Waals surface area contributed by atoms with E-state index in [9.17, 15) is 9.90 Å². The van der Waals surface area contributed by atoms with E-state index < -0.39 is 0 Å². The Balaban J connectivity index is 2.17. The maximum Gasteiger partial charge on any atom is 0.322 e. The average molecular weight is 369 g/mol. The topological polar surface area (TPSA) is 61.8 Å². The normalized spacial score (nSPS) is 10.3. The van der Waals surface area contributed by atoms with Crippen molar-refractivity contribution < 1.29 is 14.6 Å². The first-order valence-corrected chi connectivity index (χ1v) is 8.04. The molecule has 0 fully saturated rings. The lowest BCUT2D eigenvalue weighted by Gasteiger charge is -2.23. The van der Waals surface area contributed by atoms with Crippen molar-refractivity contribution in [3.05, 3.63) is 58.1 Å². The maximum absolute atomic E-state index is 12.5. The molecule has 0 atom stereocenters. The molecule has 0 bridgehead atoms. The highest BCUT2D eigenvalue weighted by Gasteiger charge is 2.17. The molecule has 2 N–H and O–H groups in total. The Bertz CT molecular complexity index is 710. The first kappa shape index (κ1) is 18.4. The number of hydrogen-bond donors (Lipinski definition) is 2. The zero-order valence-corrected chi connectivity index (χ0v) is 14.6. The SMILES string of the molecule is COc1ccccc1CN(CCO)C(=O)Nc1cc(Cl)ccc1Cl. The van der Waals surface area contributed by atoms with Gasteiger partial charge in [0, 0.05) is 17.1 Å². The smallest absolute Gasteiger partial charge is 0.322 e. The largest absolute Gasteiger partial charge is 0.496 e. The molecular weight excluding hydrogens is 351 g/mol. The number of para-hydroxylation sites is 1. The molecule has 0 aliphatic carbocycles. The molecule has 0 saturated heterocycles. The number of methoxy groups -OCH3 is 1. The van der Waals surface area contributed by atoms with Gasteiger partial charge in [-0.2, -0.15) is 0 Å². The van der Waals surface area contributed by atoms with Crippen LogP contribution in [0, 0.1) is 0 Å². The molecule has 0 heterocycles. The van der Waals surface area contributed by atoms with Crippen molar-refractivity contribution in [1.82, 2.24) is 4.90 Å². The minimum absolute atomic E-state index is 0.161. The summed E-state index contributed by atoms with van der Waals surface area (Å²) in [6.45, 7) is 0.294. The summed E-state index contributed by atoms with van der Waals surface area (Å²) in [6, 6.07) is 11.8.